The van der Waals surface area contributed by atoms with Crippen LogP contribution in [0.15, 0.2) is 30.3 Å². The third-order valence-corrected chi connectivity index (χ3v) is 4.24. The van der Waals surface area contributed by atoms with Crippen molar-refractivity contribution in [2.75, 3.05) is 6.54 Å². The van der Waals surface area contributed by atoms with Gasteiger partial charge in [0.05, 0.1) is 5.41 Å². The van der Waals surface area contributed by atoms with Crippen LogP contribution in [0.5, 0.6) is 0 Å². The molecule has 0 aromatic heterocycles. The van der Waals surface area contributed by atoms with Crippen molar-refractivity contribution in [2.45, 2.75) is 38.5 Å². The van der Waals surface area contributed by atoms with Crippen molar-refractivity contribution in [1.82, 2.24) is 5.32 Å². The average Bonchev–Trinajstić information content (AvgIpc) is 2.40. The number of carbonyl (C=O) groups excluding carboxylic acids is 1. The highest BCUT2D eigenvalue weighted by Crippen LogP contribution is 2.44. The lowest BCUT2D eigenvalue weighted by atomic mass is 9.66. The maximum absolute atomic E-state index is 11.9. The molecule has 0 aliphatic heterocycles. The largest absolute Gasteiger partial charge is 0.481 e. The second kappa shape index (κ2) is 6.07. The number of carboxylic acids is 1. The zero-order valence-electron chi connectivity index (χ0n) is 11.8. The highest BCUT2D eigenvalue weighted by atomic mass is 16.4. The second-order valence-electron chi connectivity index (χ2n) is 5.73. The van der Waals surface area contributed by atoms with E-state index in [4.69, 9.17) is 0 Å². The van der Waals surface area contributed by atoms with Gasteiger partial charge in [0, 0.05) is 13.0 Å². The van der Waals surface area contributed by atoms with Crippen LogP contribution in [-0.2, 0) is 9.59 Å². The van der Waals surface area contributed by atoms with Gasteiger partial charge in [0.1, 0.15) is 0 Å². The molecule has 0 heterocycles. The zero-order valence-corrected chi connectivity index (χ0v) is 11.8. The Balaban J connectivity index is 1.82. The lowest BCUT2D eigenvalue weighted by Crippen LogP contribution is -2.43. The highest BCUT2D eigenvalue weighted by Gasteiger charge is 2.45. The SMILES string of the molecule is CC(CNC(=O)CC1(C(=O)O)CCC1)c1ccccc1. The summed E-state index contributed by atoms with van der Waals surface area (Å²) in [4.78, 5) is 23.1. The summed E-state index contributed by atoms with van der Waals surface area (Å²) in [7, 11) is 0. The molecule has 1 fully saturated rings. The lowest BCUT2D eigenvalue weighted by Gasteiger charge is -2.37. The lowest BCUT2D eigenvalue weighted by molar-refractivity contribution is -0.157. The van der Waals surface area contributed by atoms with Gasteiger partial charge in [-0.05, 0) is 24.3 Å². The molecule has 0 saturated heterocycles. The first kappa shape index (κ1) is 14.6. The molecule has 2 rings (SSSR count). The summed E-state index contributed by atoms with van der Waals surface area (Å²) in [5, 5.41) is 12.1. The number of amides is 1. The smallest absolute Gasteiger partial charge is 0.310 e. The van der Waals surface area contributed by atoms with Gasteiger partial charge in [0.25, 0.3) is 0 Å². The predicted octanol–water partition coefficient (Wildman–Crippen LogP) is 2.55. The summed E-state index contributed by atoms with van der Waals surface area (Å²) in [5.41, 5.74) is 0.365. The molecule has 1 aromatic carbocycles. The fourth-order valence-corrected chi connectivity index (χ4v) is 2.61. The average molecular weight is 275 g/mol. The molecular formula is C16H21NO3. The molecule has 4 heteroatoms. The van der Waals surface area contributed by atoms with Crippen LogP contribution in [0.3, 0.4) is 0 Å². The minimum absolute atomic E-state index is 0.101. The van der Waals surface area contributed by atoms with Crippen molar-refractivity contribution in [3.8, 4) is 0 Å². The predicted molar refractivity (Wildman–Crippen MR) is 76.4 cm³/mol. The van der Waals surface area contributed by atoms with Crippen LogP contribution < -0.4 is 5.32 Å². The summed E-state index contributed by atoms with van der Waals surface area (Å²) in [5.74, 6) is -0.771. The van der Waals surface area contributed by atoms with E-state index < -0.39 is 11.4 Å². The van der Waals surface area contributed by atoms with E-state index >= 15 is 0 Å². The Morgan fingerprint density at radius 2 is 1.95 bits per heavy atom. The molecule has 108 valence electrons. The van der Waals surface area contributed by atoms with Crippen molar-refractivity contribution in [2.24, 2.45) is 5.41 Å². The summed E-state index contributed by atoms with van der Waals surface area (Å²) >= 11 is 0. The fourth-order valence-electron chi connectivity index (χ4n) is 2.61. The number of aliphatic carboxylic acids is 1. The molecule has 1 amide bonds. The maximum atomic E-state index is 11.9. The topological polar surface area (TPSA) is 66.4 Å². The third kappa shape index (κ3) is 3.18. The van der Waals surface area contributed by atoms with Gasteiger partial charge in [-0.1, -0.05) is 43.7 Å². The van der Waals surface area contributed by atoms with E-state index in [-0.39, 0.29) is 18.2 Å². The van der Waals surface area contributed by atoms with Crippen LogP contribution >= 0.6 is 0 Å². The Morgan fingerprint density at radius 1 is 1.30 bits per heavy atom. The first-order valence-electron chi connectivity index (χ1n) is 7.08. The van der Waals surface area contributed by atoms with Crippen molar-refractivity contribution < 1.29 is 14.7 Å². The Morgan fingerprint density at radius 3 is 2.45 bits per heavy atom. The van der Waals surface area contributed by atoms with Crippen LogP contribution in [0.1, 0.15) is 44.1 Å². The number of hydrogen-bond acceptors (Lipinski definition) is 2. The number of carboxylic acid groups (broad SMARTS) is 1. The number of rotatable bonds is 6. The second-order valence-corrected chi connectivity index (χ2v) is 5.73. The molecule has 0 radical (unpaired) electrons. The van der Waals surface area contributed by atoms with Crippen LogP contribution in [0, 0.1) is 5.41 Å². The monoisotopic (exact) mass is 275 g/mol. The van der Waals surface area contributed by atoms with Crippen molar-refractivity contribution >= 4 is 11.9 Å². The molecule has 0 spiro atoms. The van der Waals surface area contributed by atoms with Crippen molar-refractivity contribution in [1.29, 1.82) is 0 Å². The van der Waals surface area contributed by atoms with Gasteiger partial charge >= 0.3 is 5.97 Å². The zero-order chi connectivity index (χ0) is 14.6. The normalized spacial score (nSPS) is 17.9. The molecule has 1 atom stereocenters. The van der Waals surface area contributed by atoms with Crippen molar-refractivity contribution in [3.63, 3.8) is 0 Å². The van der Waals surface area contributed by atoms with Gasteiger partial charge in [-0.2, -0.15) is 0 Å². The van der Waals surface area contributed by atoms with Crippen molar-refractivity contribution in [3.05, 3.63) is 35.9 Å². The Bertz CT molecular complexity index is 480. The number of nitrogens with one attached hydrogen (secondary N) is 1. The van der Waals surface area contributed by atoms with E-state index in [0.717, 1.165) is 6.42 Å². The Hall–Kier alpha value is -1.84. The standard InChI is InChI=1S/C16H21NO3/c1-12(13-6-3-2-4-7-13)11-17-14(18)10-16(15(19)20)8-5-9-16/h2-4,6-7,12H,5,8-11H2,1H3,(H,17,18)(H,19,20). The molecule has 1 unspecified atom stereocenters. The molecule has 20 heavy (non-hydrogen) atoms. The van der Waals surface area contributed by atoms with Gasteiger partial charge in [-0.25, -0.2) is 0 Å². The van der Waals surface area contributed by atoms with E-state index in [1.54, 1.807) is 0 Å². The van der Waals surface area contributed by atoms with E-state index in [2.05, 4.69) is 5.32 Å². The number of benzene rings is 1. The Labute approximate surface area is 119 Å². The van der Waals surface area contributed by atoms with Crippen LogP contribution in [0.25, 0.3) is 0 Å². The van der Waals surface area contributed by atoms with Gasteiger partial charge in [0.2, 0.25) is 5.91 Å². The van der Waals surface area contributed by atoms with Crippen LogP contribution in [0.4, 0.5) is 0 Å². The summed E-state index contributed by atoms with van der Waals surface area (Å²) in [6.07, 6.45) is 2.23. The van der Waals surface area contributed by atoms with E-state index in [9.17, 15) is 14.7 Å². The molecule has 1 saturated carbocycles. The van der Waals surface area contributed by atoms with Gasteiger partial charge in [-0.15, -0.1) is 0 Å². The van der Waals surface area contributed by atoms with Gasteiger partial charge in [-0.3, -0.25) is 9.59 Å². The van der Waals surface area contributed by atoms with Crippen LogP contribution in [-0.4, -0.2) is 23.5 Å². The van der Waals surface area contributed by atoms with E-state index in [1.807, 2.05) is 37.3 Å². The molecule has 0 bridgehead atoms. The quantitative estimate of drug-likeness (QED) is 0.838. The molecule has 1 aliphatic carbocycles. The molecule has 1 aromatic rings. The maximum Gasteiger partial charge on any atom is 0.310 e. The number of carbonyl (C=O) groups is 2. The minimum Gasteiger partial charge on any atom is -0.481 e. The van der Waals surface area contributed by atoms with Gasteiger partial charge < -0.3 is 10.4 Å². The molecule has 1 aliphatic rings. The first-order chi connectivity index (χ1) is 9.53. The minimum atomic E-state index is -0.838. The summed E-state index contributed by atoms with van der Waals surface area (Å²) in [6, 6.07) is 9.97. The first-order valence-corrected chi connectivity index (χ1v) is 7.08. The number of hydrogen-bond donors (Lipinski definition) is 2. The summed E-state index contributed by atoms with van der Waals surface area (Å²) < 4.78 is 0. The molecule has 2 N–H and O–H groups in total. The highest BCUT2D eigenvalue weighted by molar-refractivity contribution is 5.85. The third-order valence-electron chi connectivity index (χ3n) is 4.24. The summed E-state index contributed by atoms with van der Waals surface area (Å²) in [6.45, 7) is 2.59. The fraction of sp³-hybridized carbons (Fsp3) is 0.500. The van der Waals surface area contributed by atoms with E-state index in [0.29, 0.717) is 19.4 Å². The Kier molecular flexibility index (Phi) is 4.42. The van der Waals surface area contributed by atoms with Gasteiger partial charge in [0.15, 0.2) is 0 Å². The molecular weight excluding hydrogens is 254 g/mol. The molecule has 4 nitrogen and oxygen atoms in total. The van der Waals surface area contributed by atoms with E-state index in [1.165, 1.54) is 5.56 Å². The van der Waals surface area contributed by atoms with Crippen LogP contribution in [0.2, 0.25) is 0 Å².